The molecule has 0 unspecified atom stereocenters. The minimum absolute atomic E-state index is 0.0154. The molecule has 1 aliphatic rings. The van der Waals surface area contributed by atoms with Crippen LogP contribution in [0.4, 0.5) is 4.39 Å². The van der Waals surface area contributed by atoms with Crippen LogP contribution in [-0.2, 0) is 5.41 Å². The Morgan fingerprint density at radius 2 is 2.20 bits per heavy atom. The van der Waals surface area contributed by atoms with E-state index in [1.165, 1.54) is 6.07 Å². The van der Waals surface area contributed by atoms with E-state index in [0.29, 0.717) is 16.8 Å². The summed E-state index contributed by atoms with van der Waals surface area (Å²) < 4.78 is 19.0. The maximum Gasteiger partial charge on any atom is 0.141 e. The third kappa shape index (κ3) is 1.76. The van der Waals surface area contributed by atoms with Gasteiger partial charge in [-0.1, -0.05) is 0 Å². The molecule has 1 fully saturated rings. The number of ether oxygens (including phenoxy) is 1. The van der Waals surface area contributed by atoms with Gasteiger partial charge in [0.15, 0.2) is 0 Å². The lowest BCUT2D eigenvalue weighted by atomic mass is 9.95. The smallest absolute Gasteiger partial charge is 0.141 e. The van der Waals surface area contributed by atoms with Crippen LogP contribution in [0.25, 0.3) is 0 Å². The molecule has 2 rings (SSSR count). The second kappa shape index (κ2) is 3.76. The molecule has 0 aliphatic heterocycles. The van der Waals surface area contributed by atoms with Crippen molar-refractivity contribution in [3.63, 3.8) is 0 Å². The molecule has 1 aliphatic carbocycles. The molecule has 0 bridgehead atoms. The van der Waals surface area contributed by atoms with E-state index >= 15 is 0 Å². The van der Waals surface area contributed by atoms with Gasteiger partial charge in [0.25, 0.3) is 0 Å². The maximum atomic E-state index is 13.3. The summed E-state index contributed by atoms with van der Waals surface area (Å²) in [4.78, 5) is 0. The fourth-order valence-corrected chi connectivity index (χ4v) is 2.19. The number of hydrogen-bond acceptors (Lipinski definition) is 2. The van der Waals surface area contributed by atoms with Gasteiger partial charge in [0.2, 0.25) is 0 Å². The highest BCUT2D eigenvalue weighted by Crippen LogP contribution is 2.51. The van der Waals surface area contributed by atoms with Crippen LogP contribution in [-0.4, -0.2) is 13.7 Å². The molecule has 2 nitrogen and oxygen atoms in total. The Bertz CT molecular complexity index is 390. The molecule has 1 aromatic carbocycles. The van der Waals surface area contributed by atoms with E-state index in [2.05, 4.69) is 15.9 Å². The molecule has 0 heterocycles. The van der Waals surface area contributed by atoms with Gasteiger partial charge in [-0.3, -0.25) is 0 Å². The van der Waals surface area contributed by atoms with Crippen molar-refractivity contribution in [3.8, 4) is 5.75 Å². The highest BCUT2D eigenvalue weighted by Gasteiger charge is 2.45. The fourth-order valence-electron chi connectivity index (χ4n) is 1.85. The first kappa shape index (κ1) is 10.9. The van der Waals surface area contributed by atoms with Gasteiger partial charge in [-0.15, -0.1) is 0 Å². The molecule has 0 saturated heterocycles. The Labute approximate surface area is 96.7 Å². The molecular formula is C11H13BrFNO. The molecule has 15 heavy (non-hydrogen) atoms. The van der Waals surface area contributed by atoms with Crippen LogP contribution in [0.5, 0.6) is 5.75 Å². The summed E-state index contributed by atoms with van der Waals surface area (Å²) in [5.41, 5.74) is 6.78. The van der Waals surface area contributed by atoms with E-state index in [0.717, 1.165) is 18.4 Å². The van der Waals surface area contributed by atoms with E-state index in [9.17, 15) is 4.39 Å². The lowest BCUT2D eigenvalue weighted by molar-refractivity contribution is 0.400. The van der Waals surface area contributed by atoms with Crippen molar-refractivity contribution >= 4 is 15.9 Å². The summed E-state index contributed by atoms with van der Waals surface area (Å²) in [5, 5.41) is 0. The van der Waals surface area contributed by atoms with Crippen molar-refractivity contribution in [1.82, 2.24) is 0 Å². The molecule has 0 radical (unpaired) electrons. The predicted octanol–water partition coefficient (Wildman–Crippen LogP) is 2.59. The minimum Gasteiger partial charge on any atom is -0.496 e. The third-order valence-corrected chi connectivity index (χ3v) is 3.67. The second-order valence-corrected chi connectivity index (χ2v) is 4.81. The number of hydrogen-bond donors (Lipinski definition) is 1. The first-order valence-corrected chi connectivity index (χ1v) is 5.66. The van der Waals surface area contributed by atoms with E-state index in [4.69, 9.17) is 10.5 Å². The standard InChI is InChI=1S/C11H13BrFNO/c1-15-10-5-9(13)8(12)4-7(10)11(6-14)2-3-11/h4-5H,2-3,6,14H2,1H3. The lowest BCUT2D eigenvalue weighted by Gasteiger charge is -2.17. The van der Waals surface area contributed by atoms with E-state index in [1.54, 1.807) is 13.2 Å². The average molecular weight is 274 g/mol. The summed E-state index contributed by atoms with van der Waals surface area (Å²) >= 11 is 3.19. The van der Waals surface area contributed by atoms with Gasteiger partial charge in [-0.25, -0.2) is 4.39 Å². The van der Waals surface area contributed by atoms with Crippen LogP contribution in [0.15, 0.2) is 16.6 Å². The molecule has 1 aromatic rings. The van der Waals surface area contributed by atoms with Crippen molar-refractivity contribution in [2.45, 2.75) is 18.3 Å². The van der Waals surface area contributed by atoms with Crippen LogP contribution in [0.1, 0.15) is 18.4 Å². The Hall–Kier alpha value is -0.610. The van der Waals surface area contributed by atoms with Crippen molar-refractivity contribution < 1.29 is 9.13 Å². The molecule has 0 aromatic heterocycles. The van der Waals surface area contributed by atoms with Crippen LogP contribution in [0, 0.1) is 5.82 Å². The molecule has 1 saturated carbocycles. The lowest BCUT2D eigenvalue weighted by Crippen LogP contribution is -2.20. The molecule has 2 N–H and O–H groups in total. The zero-order valence-corrected chi connectivity index (χ0v) is 10.1. The zero-order valence-electron chi connectivity index (χ0n) is 8.52. The van der Waals surface area contributed by atoms with Crippen molar-refractivity contribution in [3.05, 3.63) is 28.0 Å². The largest absolute Gasteiger partial charge is 0.496 e. The molecule has 4 heteroatoms. The Balaban J connectivity index is 2.50. The first-order chi connectivity index (χ1) is 7.13. The minimum atomic E-state index is -0.302. The fraction of sp³-hybridized carbons (Fsp3) is 0.455. The van der Waals surface area contributed by atoms with Gasteiger partial charge < -0.3 is 10.5 Å². The molecule has 0 amide bonds. The monoisotopic (exact) mass is 273 g/mol. The highest BCUT2D eigenvalue weighted by atomic mass is 79.9. The van der Waals surface area contributed by atoms with Gasteiger partial charge in [-0.05, 0) is 34.8 Å². The van der Waals surface area contributed by atoms with Crippen molar-refractivity contribution in [1.29, 1.82) is 0 Å². The van der Waals surface area contributed by atoms with Crippen molar-refractivity contribution in [2.75, 3.05) is 13.7 Å². The second-order valence-electron chi connectivity index (χ2n) is 3.95. The van der Waals surface area contributed by atoms with Crippen LogP contribution in [0.3, 0.4) is 0 Å². The topological polar surface area (TPSA) is 35.2 Å². The first-order valence-electron chi connectivity index (χ1n) is 4.86. The predicted molar refractivity (Wildman–Crippen MR) is 60.6 cm³/mol. The highest BCUT2D eigenvalue weighted by molar-refractivity contribution is 9.10. The summed E-state index contributed by atoms with van der Waals surface area (Å²) in [6, 6.07) is 3.20. The summed E-state index contributed by atoms with van der Waals surface area (Å²) in [6.07, 6.45) is 2.11. The van der Waals surface area contributed by atoms with E-state index in [1.807, 2.05) is 0 Å². The SMILES string of the molecule is COc1cc(F)c(Br)cc1C1(CN)CC1. The number of nitrogens with two attached hydrogens (primary N) is 1. The summed E-state index contributed by atoms with van der Waals surface area (Å²) in [5.74, 6) is 0.294. The Morgan fingerprint density at radius 1 is 1.53 bits per heavy atom. The number of methoxy groups -OCH3 is 1. The Kier molecular flexibility index (Phi) is 2.73. The maximum absolute atomic E-state index is 13.3. The molecule has 82 valence electrons. The normalized spacial score (nSPS) is 17.6. The van der Waals surface area contributed by atoms with E-state index < -0.39 is 0 Å². The summed E-state index contributed by atoms with van der Waals surface area (Å²) in [6.45, 7) is 0.585. The van der Waals surface area contributed by atoms with Crippen LogP contribution in [0.2, 0.25) is 0 Å². The number of rotatable bonds is 3. The van der Waals surface area contributed by atoms with Crippen LogP contribution < -0.4 is 10.5 Å². The van der Waals surface area contributed by atoms with Gasteiger partial charge in [0.1, 0.15) is 11.6 Å². The van der Waals surface area contributed by atoms with E-state index in [-0.39, 0.29) is 11.2 Å². The van der Waals surface area contributed by atoms with Gasteiger partial charge in [0, 0.05) is 23.6 Å². The van der Waals surface area contributed by atoms with Gasteiger partial charge >= 0.3 is 0 Å². The zero-order chi connectivity index (χ0) is 11.1. The quantitative estimate of drug-likeness (QED) is 0.919. The number of halogens is 2. The van der Waals surface area contributed by atoms with Gasteiger partial charge in [0.05, 0.1) is 11.6 Å². The molecule has 0 atom stereocenters. The average Bonchev–Trinajstić information content (AvgIpc) is 3.02. The number of benzene rings is 1. The third-order valence-electron chi connectivity index (χ3n) is 3.06. The van der Waals surface area contributed by atoms with Crippen molar-refractivity contribution in [2.24, 2.45) is 5.73 Å². The van der Waals surface area contributed by atoms with Gasteiger partial charge in [-0.2, -0.15) is 0 Å². The molecular weight excluding hydrogens is 261 g/mol. The van der Waals surface area contributed by atoms with Crippen LogP contribution >= 0.6 is 15.9 Å². The Morgan fingerprint density at radius 3 is 2.67 bits per heavy atom. The molecule has 0 spiro atoms. The summed E-state index contributed by atoms with van der Waals surface area (Å²) in [7, 11) is 1.55.